The van der Waals surface area contributed by atoms with Gasteiger partial charge in [0.1, 0.15) is 23.2 Å². The van der Waals surface area contributed by atoms with Crippen molar-refractivity contribution >= 4 is 34.9 Å². The molecule has 14 heteroatoms. The average molecular weight is 754 g/mol. The number of aliphatic hydroxyl groups excluding tert-OH is 4. The normalized spacial score (nSPS) is 32.3. The van der Waals surface area contributed by atoms with Crippen LogP contribution >= 0.6 is 0 Å². The fraction of sp³-hybridized carbons (Fsp3) is 0.500. The van der Waals surface area contributed by atoms with Crippen LogP contribution < -0.4 is 10.1 Å². The zero-order valence-electron chi connectivity index (χ0n) is 32.2. The molecule has 54 heavy (non-hydrogen) atoms. The van der Waals surface area contributed by atoms with E-state index >= 15 is 0 Å². The lowest BCUT2D eigenvalue weighted by atomic mass is 9.76. The molecule has 14 nitrogen and oxygen atoms in total. The topological polar surface area (TPSA) is 218 Å². The van der Waals surface area contributed by atoms with Crippen LogP contribution in [0.3, 0.4) is 0 Å². The molecule has 1 aromatic carbocycles. The molecule has 0 unspecified atom stereocenters. The van der Waals surface area contributed by atoms with E-state index in [0.717, 1.165) is 14.0 Å². The Morgan fingerprint density at radius 3 is 1.98 bits per heavy atom. The minimum atomic E-state index is -1.62. The van der Waals surface area contributed by atoms with Gasteiger partial charge in [0.25, 0.3) is 5.91 Å². The third-order valence-corrected chi connectivity index (χ3v) is 10.6. The van der Waals surface area contributed by atoms with Crippen molar-refractivity contribution in [2.45, 2.75) is 86.7 Å². The highest BCUT2D eigenvalue weighted by Crippen LogP contribution is 2.53. The molecule has 3 aliphatic heterocycles. The van der Waals surface area contributed by atoms with Crippen molar-refractivity contribution in [1.29, 1.82) is 0 Å². The van der Waals surface area contributed by atoms with E-state index in [1.54, 1.807) is 32.9 Å². The number of hydrogen-bond acceptors (Lipinski definition) is 13. The Balaban J connectivity index is 2.03. The summed E-state index contributed by atoms with van der Waals surface area (Å²) < 4.78 is 22.5. The predicted molar refractivity (Wildman–Crippen MR) is 197 cm³/mol. The maximum absolute atomic E-state index is 14.0. The number of ketones is 1. The SMILES string of the molecule is COC(=O)[C@H]1[C@H](O)[C@H](C)[C@@H](O)[C@@H](C)/C=C(\C)C2=C3C(=C(C)C(=O)c4c(O)c(c(C)c(OC(C)=O)c43)NC(=O)/C(C)=C\C=C/[C@@H](C)[C@@H](O)[C@@H](C)[C@H]1O)OCO2. The van der Waals surface area contributed by atoms with Crippen molar-refractivity contribution in [3.05, 3.63) is 69.2 Å². The van der Waals surface area contributed by atoms with Gasteiger partial charge in [-0.15, -0.1) is 0 Å². The van der Waals surface area contributed by atoms with Crippen molar-refractivity contribution in [3.63, 3.8) is 0 Å². The van der Waals surface area contributed by atoms with Crippen LogP contribution in [0.2, 0.25) is 0 Å². The van der Waals surface area contributed by atoms with Crippen LogP contribution in [0, 0.1) is 36.5 Å². The summed E-state index contributed by atoms with van der Waals surface area (Å²) >= 11 is 0. The number of allylic oxidation sites excluding steroid dienone is 5. The summed E-state index contributed by atoms with van der Waals surface area (Å²) in [7, 11) is 1.11. The maximum atomic E-state index is 14.0. The number of amides is 1. The van der Waals surface area contributed by atoms with Gasteiger partial charge in [-0.2, -0.15) is 0 Å². The van der Waals surface area contributed by atoms with Gasteiger partial charge in [-0.1, -0.05) is 52.0 Å². The van der Waals surface area contributed by atoms with Crippen LogP contribution in [0.15, 0.2) is 52.5 Å². The number of Topliss-reactive ketones (excluding diaryl/α,β-unsaturated/α-hetero) is 1. The number of ether oxygens (including phenoxy) is 4. The number of esters is 2. The van der Waals surface area contributed by atoms with Crippen molar-refractivity contribution in [2.24, 2.45) is 29.6 Å². The van der Waals surface area contributed by atoms with Gasteiger partial charge in [0.2, 0.25) is 6.79 Å². The summed E-state index contributed by atoms with van der Waals surface area (Å²) in [6, 6.07) is 0. The van der Waals surface area contributed by atoms with Crippen LogP contribution in [0.5, 0.6) is 11.5 Å². The highest BCUT2D eigenvalue weighted by Gasteiger charge is 2.45. The van der Waals surface area contributed by atoms with E-state index in [0.29, 0.717) is 5.57 Å². The first-order valence-electron chi connectivity index (χ1n) is 17.8. The molecule has 0 saturated heterocycles. The van der Waals surface area contributed by atoms with Crippen molar-refractivity contribution in [1.82, 2.24) is 0 Å². The van der Waals surface area contributed by atoms with Gasteiger partial charge in [-0.05, 0) is 33.3 Å². The molecule has 0 fully saturated rings. The highest BCUT2D eigenvalue weighted by atomic mass is 16.7. The molecule has 0 spiro atoms. The van der Waals surface area contributed by atoms with E-state index in [2.05, 4.69) is 5.32 Å². The van der Waals surface area contributed by atoms with Crippen molar-refractivity contribution in [3.8, 4) is 11.5 Å². The van der Waals surface area contributed by atoms with E-state index in [9.17, 15) is 44.7 Å². The monoisotopic (exact) mass is 753 g/mol. The number of aromatic hydroxyl groups is 1. The number of carbonyl (C=O) groups excluding carboxylic acids is 4. The van der Waals surface area contributed by atoms with E-state index < -0.39 is 83.4 Å². The number of carbonyl (C=O) groups is 4. The number of aliphatic hydroxyl groups is 4. The maximum Gasteiger partial charge on any atom is 0.313 e. The van der Waals surface area contributed by atoms with Gasteiger partial charge in [0.05, 0.1) is 48.3 Å². The first kappa shape index (κ1) is 42.0. The molecular formula is C40H51NO13. The minimum absolute atomic E-state index is 0.00611. The predicted octanol–water partition coefficient (Wildman–Crippen LogP) is 3.99. The molecule has 6 N–H and O–H groups in total. The number of hydrogen-bond donors (Lipinski definition) is 6. The Morgan fingerprint density at radius 1 is 0.833 bits per heavy atom. The van der Waals surface area contributed by atoms with Gasteiger partial charge in [-0.3, -0.25) is 19.2 Å². The third kappa shape index (κ3) is 7.88. The minimum Gasteiger partial charge on any atom is -0.505 e. The standard InChI is InChI=1S/C40H51NO13/c1-16-12-11-13-17(2)39(49)41-29-20(5)38(54-24(9)42)25-26(35(29)48)34(47)23(8)37-27(25)36(52-15-53-37)19(4)14-18(3)31(44)22(7)33(46)28(40(50)51-10)32(45)21(6)30(16)43/h11-14,16,18,21-22,28,30-33,43-46,48H,15H2,1-10H3,(H,41,49)/b12-11-,17-13-,19-14+/t16-,18+,21-,22-,28-,30-,31+,32-,33-/m1/s1. The Labute approximate surface area is 314 Å². The summed E-state index contributed by atoms with van der Waals surface area (Å²) in [6.07, 6.45) is 0.456. The summed E-state index contributed by atoms with van der Waals surface area (Å²) in [4.78, 5) is 53.0. The number of nitrogens with one attached hydrogen (secondary N) is 1. The number of fused-ring (bicyclic) bond motifs is 14. The Hall–Kier alpha value is -4.76. The Bertz CT molecular complexity index is 1870. The van der Waals surface area contributed by atoms with Crippen LogP contribution in [0.1, 0.15) is 76.9 Å². The molecule has 1 aromatic rings. The number of phenolic OH excluding ortho intramolecular Hbond substituents is 1. The second-order valence-electron chi connectivity index (χ2n) is 14.4. The van der Waals surface area contributed by atoms with E-state index in [4.69, 9.17) is 18.9 Å². The second-order valence-corrected chi connectivity index (χ2v) is 14.4. The lowest BCUT2D eigenvalue weighted by Crippen LogP contribution is -2.50. The van der Waals surface area contributed by atoms with E-state index in [1.807, 2.05) is 0 Å². The third-order valence-electron chi connectivity index (χ3n) is 10.6. The second kappa shape index (κ2) is 16.7. The highest BCUT2D eigenvalue weighted by molar-refractivity contribution is 6.21. The van der Waals surface area contributed by atoms with E-state index in [-0.39, 0.29) is 63.2 Å². The fourth-order valence-electron chi connectivity index (χ4n) is 7.22. The largest absolute Gasteiger partial charge is 0.505 e. The van der Waals surface area contributed by atoms with Crippen LogP contribution in [0.4, 0.5) is 5.69 Å². The molecule has 5 rings (SSSR count). The molecule has 0 aromatic heterocycles. The summed E-state index contributed by atoms with van der Waals surface area (Å²) in [5.41, 5.74) is 0.550. The Morgan fingerprint density at radius 2 is 1.41 bits per heavy atom. The molecule has 9 atom stereocenters. The molecular weight excluding hydrogens is 702 g/mol. The van der Waals surface area contributed by atoms with Gasteiger partial charge >= 0.3 is 11.9 Å². The van der Waals surface area contributed by atoms with Crippen molar-refractivity contribution in [2.75, 3.05) is 19.2 Å². The average Bonchev–Trinajstić information content (AvgIpc) is 3.13. The van der Waals surface area contributed by atoms with E-state index in [1.165, 1.54) is 46.8 Å². The van der Waals surface area contributed by atoms with Crippen LogP contribution in [-0.4, -0.2) is 87.5 Å². The summed E-state index contributed by atoms with van der Waals surface area (Å²) in [6.45, 7) is 13.4. The first-order valence-corrected chi connectivity index (χ1v) is 17.8. The van der Waals surface area contributed by atoms with Gasteiger partial charge in [-0.25, -0.2) is 0 Å². The van der Waals surface area contributed by atoms with Crippen LogP contribution in [-0.2, 0) is 28.6 Å². The quantitative estimate of drug-likeness (QED) is 0.143. The molecule has 1 amide bonds. The molecule has 4 bridgehead atoms. The van der Waals surface area contributed by atoms with Crippen molar-refractivity contribution < 1.29 is 63.7 Å². The molecule has 3 heterocycles. The molecule has 294 valence electrons. The molecule has 1 aliphatic carbocycles. The summed E-state index contributed by atoms with van der Waals surface area (Å²) in [5, 5.41) is 60.0. The number of benzene rings is 1. The number of phenols is 1. The number of anilines is 1. The van der Waals surface area contributed by atoms with Gasteiger partial charge < -0.3 is 49.8 Å². The molecule has 0 saturated carbocycles. The first-order chi connectivity index (χ1) is 25.3. The number of methoxy groups -OCH3 is 1. The zero-order valence-corrected chi connectivity index (χ0v) is 32.2. The fourth-order valence-corrected chi connectivity index (χ4v) is 7.22. The lowest BCUT2D eigenvalue weighted by molar-refractivity contribution is -0.164. The lowest BCUT2D eigenvalue weighted by Gasteiger charge is -2.37. The number of rotatable bonds is 2. The smallest absolute Gasteiger partial charge is 0.313 e. The van der Waals surface area contributed by atoms with Gasteiger partial charge in [0.15, 0.2) is 11.5 Å². The van der Waals surface area contributed by atoms with Crippen LogP contribution in [0.25, 0.3) is 5.57 Å². The Kier molecular flexibility index (Phi) is 13.0. The molecule has 0 radical (unpaired) electrons. The zero-order chi connectivity index (χ0) is 40.5. The summed E-state index contributed by atoms with van der Waals surface area (Å²) in [5.74, 6) is -8.30. The molecule has 4 aliphatic rings. The van der Waals surface area contributed by atoms with Gasteiger partial charge in [0, 0.05) is 52.9 Å².